The van der Waals surface area contributed by atoms with Crippen LogP contribution in [0.5, 0.6) is 0 Å². The van der Waals surface area contributed by atoms with Crippen LogP contribution < -0.4 is 15.8 Å². The van der Waals surface area contributed by atoms with Crippen molar-refractivity contribution in [2.24, 2.45) is 0 Å². The quantitative estimate of drug-likeness (QED) is 0.416. The summed E-state index contributed by atoms with van der Waals surface area (Å²) in [6.07, 6.45) is -2.49. The first-order valence-corrected chi connectivity index (χ1v) is 13.0. The summed E-state index contributed by atoms with van der Waals surface area (Å²) in [4.78, 5) is 24.9. The molecular formula is C24H27ClF3N5O2S. The number of halogens is 4. The van der Waals surface area contributed by atoms with E-state index >= 15 is 0 Å². The van der Waals surface area contributed by atoms with Crippen molar-refractivity contribution >= 4 is 33.8 Å². The highest BCUT2D eigenvalue weighted by atomic mass is 35.5. The largest absolute Gasteiger partial charge is 0.416 e. The number of alkyl halides is 3. The zero-order valence-electron chi connectivity index (χ0n) is 20.1. The van der Waals surface area contributed by atoms with Gasteiger partial charge < -0.3 is 15.0 Å². The predicted octanol–water partition coefficient (Wildman–Crippen LogP) is 5.33. The van der Waals surface area contributed by atoms with Crippen LogP contribution in [0.2, 0.25) is 5.02 Å². The van der Waals surface area contributed by atoms with Gasteiger partial charge in [0.2, 0.25) is 0 Å². The molecular weight excluding hydrogens is 515 g/mol. The number of nitrogens with one attached hydrogen (secondary N) is 1. The number of thiazole rings is 1. The first-order chi connectivity index (χ1) is 17.2. The van der Waals surface area contributed by atoms with E-state index in [-0.39, 0.29) is 40.7 Å². The van der Waals surface area contributed by atoms with Gasteiger partial charge in [-0.3, -0.25) is 9.36 Å². The number of hydrogen-bond acceptors (Lipinski definition) is 7. The Bertz CT molecular complexity index is 1270. The van der Waals surface area contributed by atoms with Gasteiger partial charge in [0.1, 0.15) is 11.5 Å². The molecule has 1 saturated heterocycles. The average Bonchev–Trinajstić information content (AvgIpc) is 3.50. The molecule has 0 saturated carbocycles. The molecule has 1 aromatic carbocycles. The van der Waals surface area contributed by atoms with Crippen LogP contribution in [-0.4, -0.2) is 46.4 Å². The van der Waals surface area contributed by atoms with Crippen LogP contribution in [0.1, 0.15) is 32.0 Å². The molecule has 36 heavy (non-hydrogen) atoms. The maximum atomic E-state index is 13.6. The third-order valence-electron chi connectivity index (χ3n) is 6.10. The molecule has 1 aliphatic rings. The van der Waals surface area contributed by atoms with E-state index in [9.17, 15) is 18.0 Å². The third kappa shape index (κ3) is 5.23. The second-order valence-corrected chi connectivity index (χ2v) is 9.60. The second kappa shape index (κ2) is 10.8. The molecule has 7 nitrogen and oxygen atoms in total. The number of hydrogen-bond donors (Lipinski definition) is 1. The van der Waals surface area contributed by atoms with Crippen LogP contribution in [0.4, 0.5) is 24.0 Å². The van der Waals surface area contributed by atoms with Crippen LogP contribution in [0, 0.1) is 0 Å². The van der Waals surface area contributed by atoms with Crippen LogP contribution >= 0.6 is 22.9 Å². The molecule has 2 atom stereocenters. The van der Waals surface area contributed by atoms with Crippen molar-refractivity contribution in [1.29, 1.82) is 0 Å². The van der Waals surface area contributed by atoms with Crippen molar-refractivity contribution in [1.82, 2.24) is 14.5 Å². The SMILES string of the molecule is CCO[C@H]1CN(c2nccs2)CC1Nc1c(CC)nc(-c2ccc(C(F)(F)F)cc2Cl)n(CC)c1=O. The minimum atomic E-state index is -4.52. The van der Waals surface area contributed by atoms with E-state index in [1.165, 1.54) is 22.0 Å². The van der Waals surface area contributed by atoms with Gasteiger partial charge in [-0.1, -0.05) is 18.5 Å². The van der Waals surface area contributed by atoms with Crippen molar-refractivity contribution in [2.75, 3.05) is 29.9 Å². The Morgan fingerprint density at radius 2 is 2.03 bits per heavy atom. The fraction of sp³-hybridized carbons (Fsp3) is 0.458. The van der Waals surface area contributed by atoms with Gasteiger partial charge in [0.25, 0.3) is 5.56 Å². The molecule has 12 heteroatoms. The van der Waals surface area contributed by atoms with Gasteiger partial charge in [-0.25, -0.2) is 9.97 Å². The number of nitrogens with zero attached hydrogens (tertiary/aromatic N) is 4. The topological polar surface area (TPSA) is 72.3 Å². The molecule has 194 valence electrons. The summed E-state index contributed by atoms with van der Waals surface area (Å²) in [5, 5.41) is 6.07. The molecule has 0 bridgehead atoms. The van der Waals surface area contributed by atoms with Gasteiger partial charge in [0, 0.05) is 43.4 Å². The zero-order chi connectivity index (χ0) is 26.0. The third-order valence-corrected chi connectivity index (χ3v) is 7.24. The number of rotatable bonds is 8. The molecule has 3 heterocycles. The highest BCUT2D eigenvalue weighted by Crippen LogP contribution is 2.35. The summed E-state index contributed by atoms with van der Waals surface area (Å²) < 4.78 is 46.8. The Balaban J connectivity index is 1.72. The van der Waals surface area contributed by atoms with E-state index in [4.69, 9.17) is 21.3 Å². The fourth-order valence-corrected chi connectivity index (χ4v) is 5.31. The second-order valence-electron chi connectivity index (χ2n) is 8.32. The van der Waals surface area contributed by atoms with Crippen molar-refractivity contribution in [3.8, 4) is 11.4 Å². The normalized spacial score (nSPS) is 18.1. The Hall–Kier alpha value is -2.63. The van der Waals surface area contributed by atoms with Crippen LogP contribution in [-0.2, 0) is 23.9 Å². The van der Waals surface area contributed by atoms with Gasteiger partial charge in [-0.15, -0.1) is 11.3 Å². The summed E-state index contributed by atoms with van der Waals surface area (Å²) in [6.45, 7) is 7.60. The summed E-state index contributed by atoms with van der Waals surface area (Å²) in [5.41, 5.74) is -0.0183. The first-order valence-electron chi connectivity index (χ1n) is 11.7. The smallest absolute Gasteiger partial charge is 0.374 e. The Morgan fingerprint density at radius 3 is 2.61 bits per heavy atom. The van der Waals surface area contributed by atoms with Crippen molar-refractivity contribution in [3.05, 3.63) is 56.4 Å². The molecule has 1 N–H and O–H groups in total. The van der Waals surface area contributed by atoms with E-state index in [2.05, 4.69) is 15.2 Å². The fourth-order valence-electron chi connectivity index (χ4n) is 4.38. The Labute approximate surface area is 215 Å². The lowest BCUT2D eigenvalue weighted by Crippen LogP contribution is -2.38. The van der Waals surface area contributed by atoms with Gasteiger partial charge in [0.15, 0.2) is 5.13 Å². The molecule has 0 aliphatic carbocycles. The monoisotopic (exact) mass is 541 g/mol. The van der Waals surface area contributed by atoms with Crippen LogP contribution in [0.15, 0.2) is 34.6 Å². The number of aromatic nitrogens is 3. The summed E-state index contributed by atoms with van der Waals surface area (Å²) in [5.74, 6) is 0.237. The number of ether oxygens (including phenoxy) is 1. The standard InChI is InChI=1S/C24H27ClF3N5O2S/c1-4-17-20(30-18-12-32(13-19(18)35-6-3)23-29-9-10-36-23)22(34)33(5-2)21(31-17)15-8-7-14(11-16(15)25)24(26,27)28/h7-11,18-19,30H,4-6,12-13H2,1-3H3/t18?,19-/m0/s1. The van der Waals surface area contributed by atoms with Gasteiger partial charge in [0.05, 0.1) is 28.4 Å². The van der Waals surface area contributed by atoms with Gasteiger partial charge in [-0.2, -0.15) is 13.2 Å². The van der Waals surface area contributed by atoms with Crippen molar-refractivity contribution in [2.45, 2.75) is 52.1 Å². The number of anilines is 2. The lowest BCUT2D eigenvalue weighted by atomic mass is 10.1. The molecule has 0 spiro atoms. The predicted molar refractivity (Wildman–Crippen MR) is 136 cm³/mol. The Kier molecular flexibility index (Phi) is 7.91. The lowest BCUT2D eigenvalue weighted by molar-refractivity contribution is -0.137. The maximum Gasteiger partial charge on any atom is 0.416 e. The highest BCUT2D eigenvalue weighted by Gasteiger charge is 2.36. The zero-order valence-corrected chi connectivity index (χ0v) is 21.7. The van der Waals surface area contributed by atoms with Gasteiger partial charge in [-0.05, 0) is 38.5 Å². The summed E-state index contributed by atoms with van der Waals surface area (Å²) in [7, 11) is 0. The number of aryl methyl sites for hydroxylation is 1. The molecule has 2 aromatic heterocycles. The van der Waals surface area contributed by atoms with E-state index in [0.29, 0.717) is 37.5 Å². The van der Waals surface area contributed by atoms with Crippen molar-refractivity contribution < 1.29 is 17.9 Å². The minimum absolute atomic E-state index is 0.118. The molecule has 0 radical (unpaired) electrons. The lowest BCUT2D eigenvalue weighted by Gasteiger charge is -2.23. The van der Waals surface area contributed by atoms with E-state index < -0.39 is 11.7 Å². The van der Waals surface area contributed by atoms with Gasteiger partial charge >= 0.3 is 6.18 Å². The molecule has 3 aromatic rings. The average molecular weight is 542 g/mol. The summed E-state index contributed by atoms with van der Waals surface area (Å²) in [6, 6.07) is 2.89. The molecule has 1 fully saturated rings. The maximum absolute atomic E-state index is 13.6. The highest BCUT2D eigenvalue weighted by molar-refractivity contribution is 7.13. The Morgan fingerprint density at radius 1 is 1.25 bits per heavy atom. The molecule has 1 aliphatic heterocycles. The first kappa shape index (κ1) is 26.4. The molecule has 1 unspecified atom stereocenters. The van der Waals surface area contributed by atoms with E-state index in [1.54, 1.807) is 13.1 Å². The summed E-state index contributed by atoms with van der Waals surface area (Å²) >= 11 is 7.78. The number of benzene rings is 1. The molecule has 4 rings (SSSR count). The van der Waals surface area contributed by atoms with Crippen LogP contribution in [0.25, 0.3) is 11.4 Å². The molecule has 0 amide bonds. The van der Waals surface area contributed by atoms with E-state index in [1.807, 2.05) is 19.2 Å². The van der Waals surface area contributed by atoms with E-state index in [0.717, 1.165) is 17.3 Å². The van der Waals surface area contributed by atoms with Crippen LogP contribution in [0.3, 0.4) is 0 Å². The minimum Gasteiger partial charge on any atom is -0.374 e. The van der Waals surface area contributed by atoms with Crippen molar-refractivity contribution in [3.63, 3.8) is 0 Å².